The zero-order valence-corrected chi connectivity index (χ0v) is 23.9. The fourth-order valence-corrected chi connectivity index (χ4v) is 5.72. The molecule has 0 saturated carbocycles. The van der Waals surface area contributed by atoms with Crippen molar-refractivity contribution in [1.82, 2.24) is 19.7 Å². The van der Waals surface area contributed by atoms with Gasteiger partial charge in [-0.05, 0) is 54.8 Å². The number of aliphatic carboxylic acids is 1. The Morgan fingerprint density at radius 3 is 2.59 bits per heavy atom. The third-order valence-corrected chi connectivity index (χ3v) is 8.02. The minimum absolute atomic E-state index is 0.00877. The molecule has 11 nitrogen and oxygen atoms in total. The number of sulfonamides is 1. The molecule has 2 heterocycles. The van der Waals surface area contributed by atoms with Gasteiger partial charge in [0.05, 0.1) is 5.02 Å². The highest BCUT2D eigenvalue weighted by Gasteiger charge is 2.24. The quantitative estimate of drug-likeness (QED) is 0.167. The topological polar surface area (TPSA) is 160 Å². The van der Waals surface area contributed by atoms with Crippen LogP contribution in [0.2, 0.25) is 10.0 Å². The Kier molecular flexibility index (Phi) is 9.70. The van der Waals surface area contributed by atoms with Crippen LogP contribution in [0.5, 0.6) is 11.5 Å². The van der Waals surface area contributed by atoms with E-state index in [-0.39, 0.29) is 40.3 Å². The van der Waals surface area contributed by atoms with Gasteiger partial charge in [0.25, 0.3) is 15.9 Å². The lowest BCUT2D eigenvalue weighted by Gasteiger charge is -2.15. The summed E-state index contributed by atoms with van der Waals surface area (Å²) in [5.74, 6) is -2.48. The van der Waals surface area contributed by atoms with E-state index in [1.165, 1.54) is 24.4 Å². The van der Waals surface area contributed by atoms with E-state index in [9.17, 15) is 22.4 Å². The molecule has 4 rings (SSSR count). The average molecular weight is 641 g/mol. The molecule has 0 fully saturated rings. The highest BCUT2D eigenvalue weighted by Crippen LogP contribution is 2.39. The van der Waals surface area contributed by atoms with Crippen LogP contribution in [0.4, 0.5) is 9.52 Å². The number of carbonyl (C=O) groups is 2. The predicted octanol–water partition coefficient (Wildman–Crippen LogP) is 5.62. The van der Waals surface area contributed by atoms with Gasteiger partial charge in [-0.2, -0.15) is 4.37 Å². The summed E-state index contributed by atoms with van der Waals surface area (Å²) < 4.78 is 52.0. The summed E-state index contributed by atoms with van der Waals surface area (Å²) in [6, 6.07) is 9.47. The Labute approximate surface area is 247 Å². The summed E-state index contributed by atoms with van der Waals surface area (Å²) in [7, 11) is -4.36. The predicted molar refractivity (Wildman–Crippen MR) is 151 cm³/mol. The number of amides is 1. The zero-order chi connectivity index (χ0) is 29.6. The number of benzene rings is 2. The SMILES string of the molecule is O=C(O)CCCCNC(=O)c1cc(-c2cc(Cl)ccc2Oc2cc(F)c(S(=O)(=O)Nc3ncns3)cc2Cl)ccn1. The third-order valence-electron chi connectivity index (χ3n) is 5.43. The lowest BCUT2D eigenvalue weighted by Crippen LogP contribution is -2.25. The minimum atomic E-state index is -4.36. The van der Waals surface area contributed by atoms with Crippen molar-refractivity contribution in [1.29, 1.82) is 0 Å². The Balaban J connectivity index is 1.56. The number of carbonyl (C=O) groups excluding carboxylic acids is 1. The first kappa shape index (κ1) is 30.1. The molecular formula is C25H20Cl2FN5O6S2. The molecule has 41 heavy (non-hydrogen) atoms. The van der Waals surface area contributed by atoms with Gasteiger partial charge in [0.2, 0.25) is 5.13 Å². The fraction of sp³-hybridized carbons (Fsp3) is 0.160. The van der Waals surface area contributed by atoms with Crippen LogP contribution in [-0.2, 0) is 14.8 Å². The molecule has 0 spiro atoms. The maximum absolute atomic E-state index is 15.0. The Morgan fingerprint density at radius 1 is 1.05 bits per heavy atom. The number of carboxylic acid groups (broad SMARTS) is 1. The molecule has 0 atom stereocenters. The number of nitrogens with zero attached hydrogens (tertiary/aromatic N) is 3. The molecule has 3 N–H and O–H groups in total. The van der Waals surface area contributed by atoms with E-state index in [4.69, 9.17) is 33.0 Å². The molecule has 4 aromatic rings. The summed E-state index contributed by atoms with van der Waals surface area (Å²) in [6.45, 7) is 0.273. The van der Waals surface area contributed by atoms with Crippen molar-refractivity contribution in [3.05, 3.63) is 76.5 Å². The van der Waals surface area contributed by atoms with Gasteiger partial charge in [-0.1, -0.05) is 23.2 Å². The molecule has 214 valence electrons. The molecule has 2 aromatic carbocycles. The largest absolute Gasteiger partial charge is 0.481 e. The van der Waals surface area contributed by atoms with Crippen LogP contribution >= 0.6 is 34.7 Å². The third kappa shape index (κ3) is 7.88. The lowest BCUT2D eigenvalue weighted by molar-refractivity contribution is -0.137. The smallest absolute Gasteiger partial charge is 0.303 e. The van der Waals surface area contributed by atoms with Crippen LogP contribution in [0.25, 0.3) is 11.1 Å². The summed E-state index contributed by atoms with van der Waals surface area (Å²) in [5.41, 5.74) is 1.00. The number of unbranched alkanes of at least 4 members (excludes halogenated alkanes) is 1. The second-order valence-corrected chi connectivity index (χ2v) is 11.6. The van der Waals surface area contributed by atoms with E-state index in [0.29, 0.717) is 29.0 Å². The van der Waals surface area contributed by atoms with Gasteiger partial charge in [-0.3, -0.25) is 19.3 Å². The average Bonchev–Trinajstić information content (AvgIpc) is 3.43. The van der Waals surface area contributed by atoms with E-state index in [1.54, 1.807) is 12.1 Å². The van der Waals surface area contributed by atoms with E-state index in [2.05, 4.69) is 24.4 Å². The van der Waals surface area contributed by atoms with Gasteiger partial charge >= 0.3 is 5.97 Å². The van der Waals surface area contributed by atoms with Gasteiger partial charge in [0.1, 0.15) is 34.2 Å². The molecule has 16 heteroatoms. The number of aromatic nitrogens is 3. The first-order chi connectivity index (χ1) is 19.5. The number of nitrogens with one attached hydrogen (secondary N) is 2. The molecule has 0 bridgehead atoms. The van der Waals surface area contributed by atoms with Crippen molar-refractivity contribution in [3.63, 3.8) is 0 Å². The Hall–Kier alpha value is -3.85. The van der Waals surface area contributed by atoms with Gasteiger partial charge in [-0.15, -0.1) is 0 Å². The molecule has 2 aromatic heterocycles. The molecule has 1 amide bonds. The summed E-state index contributed by atoms with van der Waals surface area (Å²) in [5, 5.41) is 11.5. The highest BCUT2D eigenvalue weighted by molar-refractivity contribution is 7.93. The van der Waals surface area contributed by atoms with Crippen molar-refractivity contribution in [2.24, 2.45) is 0 Å². The van der Waals surface area contributed by atoms with Crippen molar-refractivity contribution in [2.75, 3.05) is 11.3 Å². The summed E-state index contributed by atoms with van der Waals surface area (Å²) >= 11 is 13.3. The number of carboxylic acids is 1. The zero-order valence-electron chi connectivity index (χ0n) is 20.8. The molecule has 0 aliphatic carbocycles. The summed E-state index contributed by atoms with van der Waals surface area (Å²) in [4.78, 5) is 30.3. The first-order valence-corrected chi connectivity index (χ1v) is 14.8. The molecular weight excluding hydrogens is 620 g/mol. The first-order valence-electron chi connectivity index (χ1n) is 11.8. The normalized spacial score (nSPS) is 11.2. The van der Waals surface area contributed by atoms with E-state index < -0.39 is 32.6 Å². The van der Waals surface area contributed by atoms with Crippen molar-refractivity contribution in [2.45, 2.75) is 24.2 Å². The number of hydrogen-bond donors (Lipinski definition) is 3. The highest BCUT2D eigenvalue weighted by atomic mass is 35.5. The van der Waals surface area contributed by atoms with Crippen LogP contribution in [0.3, 0.4) is 0 Å². The van der Waals surface area contributed by atoms with Gasteiger partial charge in [-0.25, -0.2) is 17.8 Å². The van der Waals surface area contributed by atoms with Crippen LogP contribution in [0, 0.1) is 5.82 Å². The maximum atomic E-state index is 15.0. The summed E-state index contributed by atoms with van der Waals surface area (Å²) in [6.07, 6.45) is 3.48. The van der Waals surface area contributed by atoms with Crippen LogP contribution in [-0.4, -0.2) is 46.3 Å². The second-order valence-electron chi connectivity index (χ2n) is 8.34. The van der Waals surface area contributed by atoms with Gasteiger partial charge in [0.15, 0.2) is 0 Å². The molecule has 0 radical (unpaired) electrons. The van der Waals surface area contributed by atoms with Crippen molar-refractivity contribution >= 4 is 61.8 Å². The maximum Gasteiger partial charge on any atom is 0.303 e. The standard InChI is InChI=1S/C25H20Cl2FN5O6S2/c26-15-4-5-20(16(10-15)14-6-8-29-19(9-14)24(36)30-7-2-1-3-23(34)35)39-21-12-18(28)22(11-17(21)27)41(37,38)33-25-31-13-32-40-25/h4-6,8-13H,1-3,7H2,(H,30,36)(H,34,35)(H,31,32,33). The fourth-order valence-electron chi connectivity index (χ4n) is 3.53. The van der Waals surface area contributed by atoms with E-state index >= 15 is 0 Å². The van der Waals surface area contributed by atoms with Crippen LogP contribution in [0.15, 0.2) is 59.9 Å². The van der Waals surface area contributed by atoms with Crippen molar-refractivity contribution < 1.29 is 32.2 Å². The van der Waals surface area contributed by atoms with Crippen LogP contribution < -0.4 is 14.8 Å². The number of rotatable bonds is 12. The molecule has 0 unspecified atom stereocenters. The second kappa shape index (κ2) is 13.2. The van der Waals surface area contributed by atoms with E-state index in [1.807, 2.05) is 0 Å². The minimum Gasteiger partial charge on any atom is -0.481 e. The number of hydrogen-bond acceptors (Lipinski definition) is 9. The molecule has 0 saturated heterocycles. The lowest BCUT2D eigenvalue weighted by atomic mass is 10.0. The number of anilines is 1. The monoisotopic (exact) mass is 639 g/mol. The molecule has 0 aliphatic rings. The van der Waals surface area contributed by atoms with Gasteiger partial charge < -0.3 is 15.2 Å². The van der Waals surface area contributed by atoms with Crippen molar-refractivity contribution in [3.8, 4) is 22.6 Å². The van der Waals surface area contributed by atoms with Crippen LogP contribution in [0.1, 0.15) is 29.8 Å². The number of ether oxygens (including phenoxy) is 1. The van der Waals surface area contributed by atoms with E-state index in [0.717, 1.165) is 30.0 Å². The Bertz CT molecular complexity index is 1690. The Morgan fingerprint density at radius 2 is 1.85 bits per heavy atom. The van der Waals surface area contributed by atoms with Gasteiger partial charge in [0, 0.05) is 47.3 Å². The number of halogens is 3. The number of pyridine rings is 1. The molecule has 0 aliphatic heterocycles.